The maximum Gasteiger partial charge on any atom is 0.0500 e. The maximum absolute atomic E-state index is 5.82. The third-order valence-electron chi connectivity index (χ3n) is 3.92. The van der Waals surface area contributed by atoms with Crippen LogP contribution in [0, 0.1) is 27.7 Å². The van der Waals surface area contributed by atoms with E-state index in [9.17, 15) is 0 Å². The van der Waals surface area contributed by atoms with Crippen molar-refractivity contribution in [3.05, 3.63) is 68.2 Å². The zero-order valence-electron chi connectivity index (χ0n) is 13.1. The molecule has 0 spiro atoms. The van der Waals surface area contributed by atoms with Crippen molar-refractivity contribution in [3.63, 3.8) is 0 Å². The van der Waals surface area contributed by atoms with E-state index < -0.39 is 0 Å². The average molecular weight is 347 g/mol. The molecule has 3 heteroatoms. The fourth-order valence-corrected chi connectivity index (χ4v) is 3.60. The van der Waals surface area contributed by atoms with E-state index in [0.29, 0.717) is 0 Å². The normalized spacial score (nSPS) is 12.5. The van der Waals surface area contributed by atoms with E-state index in [2.05, 4.69) is 79.4 Å². The molecule has 0 radical (unpaired) electrons. The quantitative estimate of drug-likeness (QED) is 0.634. The summed E-state index contributed by atoms with van der Waals surface area (Å²) in [6.45, 7) is 8.59. The molecular weight excluding hydrogens is 324 g/mol. The number of nitrogens with one attached hydrogen (secondary N) is 1. The Hall–Kier alpha value is -1.16. The second kappa shape index (κ2) is 6.73. The van der Waals surface area contributed by atoms with Gasteiger partial charge in [0, 0.05) is 4.47 Å². The summed E-state index contributed by atoms with van der Waals surface area (Å²) in [5.74, 6) is 5.82. The highest BCUT2D eigenvalue weighted by Crippen LogP contribution is 2.26. The molecule has 112 valence electrons. The molecule has 0 heterocycles. The van der Waals surface area contributed by atoms with Gasteiger partial charge in [0.05, 0.1) is 6.04 Å². The molecule has 0 aromatic heterocycles. The standard InChI is InChI=1S/C18H23BrN2/c1-11-5-13(3)17(14(4)6-11)10-18(21-20)15-7-12(2)8-16(19)9-15/h5-9,18,21H,10,20H2,1-4H3. The predicted molar refractivity (Wildman–Crippen MR) is 93.3 cm³/mol. The van der Waals surface area contributed by atoms with E-state index in [1.807, 2.05) is 0 Å². The van der Waals surface area contributed by atoms with Gasteiger partial charge < -0.3 is 0 Å². The predicted octanol–water partition coefficient (Wildman–Crippen LogP) is 4.43. The molecule has 2 rings (SSSR count). The second-order valence-electron chi connectivity index (χ2n) is 5.86. The third kappa shape index (κ3) is 3.94. The molecule has 2 aromatic carbocycles. The van der Waals surface area contributed by atoms with Gasteiger partial charge in [0.1, 0.15) is 0 Å². The number of nitrogens with two attached hydrogens (primary N) is 1. The Morgan fingerprint density at radius 2 is 1.52 bits per heavy atom. The third-order valence-corrected chi connectivity index (χ3v) is 4.37. The first-order chi connectivity index (χ1) is 9.90. The summed E-state index contributed by atoms with van der Waals surface area (Å²) in [7, 11) is 0. The van der Waals surface area contributed by atoms with E-state index in [0.717, 1.165) is 10.9 Å². The van der Waals surface area contributed by atoms with Gasteiger partial charge in [-0.1, -0.05) is 39.7 Å². The van der Waals surface area contributed by atoms with Crippen molar-refractivity contribution >= 4 is 15.9 Å². The fourth-order valence-electron chi connectivity index (χ4n) is 2.97. The first kappa shape index (κ1) is 16.2. The smallest absolute Gasteiger partial charge is 0.0500 e. The van der Waals surface area contributed by atoms with Gasteiger partial charge >= 0.3 is 0 Å². The van der Waals surface area contributed by atoms with Gasteiger partial charge in [-0.05, 0) is 74.1 Å². The van der Waals surface area contributed by atoms with Gasteiger partial charge in [0.25, 0.3) is 0 Å². The highest BCUT2D eigenvalue weighted by atomic mass is 79.9. The number of rotatable bonds is 4. The number of aryl methyl sites for hydroxylation is 4. The van der Waals surface area contributed by atoms with Crippen LogP contribution >= 0.6 is 15.9 Å². The van der Waals surface area contributed by atoms with Crippen molar-refractivity contribution in [2.24, 2.45) is 5.84 Å². The van der Waals surface area contributed by atoms with Crippen LogP contribution in [-0.2, 0) is 6.42 Å². The minimum absolute atomic E-state index is 0.112. The van der Waals surface area contributed by atoms with Crippen LogP contribution in [0.1, 0.15) is 39.4 Å². The molecule has 2 aromatic rings. The Morgan fingerprint density at radius 3 is 2.05 bits per heavy atom. The van der Waals surface area contributed by atoms with Crippen LogP contribution in [-0.4, -0.2) is 0 Å². The van der Waals surface area contributed by atoms with Crippen molar-refractivity contribution in [2.75, 3.05) is 0 Å². The molecule has 0 fully saturated rings. The number of hydrogen-bond acceptors (Lipinski definition) is 2. The number of hydrazine groups is 1. The molecule has 1 unspecified atom stereocenters. The van der Waals surface area contributed by atoms with Gasteiger partial charge in [-0.2, -0.15) is 0 Å². The zero-order chi connectivity index (χ0) is 15.6. The van der Waals surface area contributed by atoms with E-state index in [4.69, 9.17) is 5.84 Å². The van der Waals surface area contributed by atoms with Crippen molar-refractivity contribution in [2.45, 2.75) is 40.2 Å². The summed E-state index contributed by atoms with van der Waals surface area (Å²) >= 11 is 3.57. The molecule has 0 amide bonds. The van der Waals surface area contributed by atoms with Crippen LogP contribution in [0.5, 0.6) is 0 Å². The van der Waals surface area contributed by atoms with Crippen molar-refractivity contribution in [1.82, 2.24) is 5.43 Å². The summed E-state index contributed by atoms with van der Waals surface area (Å²) in [5.41, 5.74) is 10.8. The van der Waals surface area contributed by atoms with Crippen LogP contribution < -0.4 is 11.3 Å². The van der Waals surface area contributed by atoms with E-state index in [-0.39, 0.29) is 6.04 Å². The molecule has 3 N–H and O–H groups in total. The fraction of sp³-hybridized carbons (Fsp3) is 0.333. The lowest BCUT2D eigenvalue weighted by Gasteiger charge is -2.20. The van der Waals surface area contributed by atoms with Crippen LogP contribution in [0.15, 0.2) is 34.8 Å². The Bertz CT molecular complexity index is 606. The molecule has 1 atom stereocenters. The van der Waals surface area contributed by atoms with Crippen molar-refractivity contribution < 1.29 is 0 Å². The lowest BCUT2D eigenvalue weighted by Crippen LogP contribution is -2.30. The van der Waals surface area contributed by atoms with E-state index in [1.165, 1.54) is 33.4 Å². The van der Waals surface area contributed by atoms with Crippen LogP contribution in [0.4, 0.5) is 0 Å². The SMILES string of the molecule is Cc1cc(Br)cc(C(Cc2c(C)cc(C)cc2C)NN)c1. The van der Waals surface area contributed by atoms with Crippen LogP contribution in [0.25, 0.3) is 0 Å². The molecule has 2 nitrogen and oxygen atoms in total. The lowest BCUT2D eigenvalue weighted by atomic mass is 9.91. The van der Waals surface area contributed by atoms with Gasteiger partial charge in [-0.15, -0.1) is 0 Å². The minimum Gasteiger partial charge on any atom is -0.271 e. The summed E-state index contributed by atoms with van der Waals surface area (Å²) in [6.07, 6.45) is 0.893. The largest absolute Gasteiger partial charge is 0.271 e. The van der Waals surface area contributed by atoms with Crippen molar-refractivity contribution in [3.8, 4) is 0 Å². The molecule has 0 saturated carbocycles. The Balaban J connectivity index is 2.35. The van der Waals surface area contributed by atoms with E-state index >= 15 is 0 Å². The Labute approximate surface area is 135 Å². The summed E-state index contributed by atoms with van der Waals surface area (Å²) in [5, 5.41) is 0. The molecular formula is C18H23BrN2. The monoisotopic (exact) mass is 346 g/mol. The van der Waals surface area contributed by atoms with Crippen LogP contribution in [0.3, 0.4) is 0 Å². The van der Waals surface area contributed by atoms with Gasteiger partial charge in [-0.25, -0.2) is 0 Å². The first-order valence-corrected chi connectivity index (χ1v) is 8.00. The molecule has 0 saturated heterocycles. The maximum atomic E-state index is 5.82. The first-order valence-electron chi connectivity index (χ1n) is 7.20. The lowest BCUT2D eigenvalue weighted by molar-refractivity contribution is 0.549. The van der Waals surface area contributed by atoms with E-state index in [1.54, 1.807) is 0 Å². The van der Waals surface area contributed by atoms with Crippen molar-refractivity contribution in [1.29, 1.82) is 0 Å². The molecule has 0 aliphatic heterocycles. The van der Waals surface area contributed by atoms with Gasteiger partial charge in [0.15, 0.2) is 0 Å². The second-order valence-corrected chi connectivity index (χ2v) is 6.78. The Kier molecular flexibility index (Phi) is 5.20. The molecule has 0 bridgehead atoms. The average Bonchev–Trinajstić information content (AvgIpc) is 2.36. The number of benzene rings is 2. The van der Waals surface area contributed by atoms with Crippen LogP contribution in [0.2, 0.25) is 0 Å². The Morgan fingerprint density at radius 1 is 0.952 bits per heavy atom. The summed E-state index contributed by atoms with van der Waals surface area (Å²) < 4.78 is 1.09. The molecule has 21 heavy (non-hydrogen) atoms. The highest BCUT2D eigenvalue weighted by molar-refractivity contribution is 9.10. The minimum atomic E-state index is 0.112. The zero-order valence-corrected chi connectivity index (χ0v) is 14.7. The van der Waals surface area contributed by atoms with Gasteiger partial charge in [-0.3, -0.25) is 11.3 Å². The number of hydrogen-bond donors (Lipinski definition) is 2. The molecule has 0 aliphatic rings. The highest BCUT2D eigenvalue weighted by Gasteiger charge is 2.14. The van der Waals surface area contributed by atoms with Gasteiger partial charge in [0.2, 0.25) is 0 Å². The summed E-state index contributed by atoms with van der Waals surface area (Å²) in [6, 6.07) is 11.0. The topological polar surface area (TPSA) is 38.0 Å². The molecule has 0 aliphatic carbocycles. The summed E-state index contributed by atoms with van der Waals surface area (Å²) in [4.78, 5) is 0. The number of halogens is 1.